The Morgan fingerprint density at radius 1 is 0.892 bits per heavy atom. The van der Waals surface area contributed by atoms with E-state index in [-0.39, 0.29) is 23.4 Å². The van der Waals surface area contributed by atoms with Crippen molar-refractivity contribution in [3.8, 4) is 0 Å². The fourth-order valence-corrected chi connectivity index (χ4v) is 5.36. The van der Waals surface area contributed by atoms with Gasteiger partial charge in [0.15, 0.2) is 0 Å². The standard InChI is InChI=1S/C28H32FN3O4S/c1-4-26(28(34)30-21(2)3)31(19-22-15-17-23(29)18-16-22)27(33)20-32(24-11-7-5-8-12-24)37(35,36)25-13-9-6-10-14-25/h5-18,21,26H,4,19-20H2,1-3H3,(H,30,34)/t26-/m0/s1. The van der Waals surface area contributed by atoms with Gasteiger partial charge in [0.05, 0.1) is 10.6 Å². The minimum atomic E-state index is -4.10. The molecule has 1 atom stereocenters. The molecule has 0 aliphatic carbocycles. The van der Waals surface area contributed by atoms with Crippen LogP contribution in [0.4, 0.5) is 10.1 Å². The Morgan fingerprint density at radius 3 is 2.00 bits per heavy atom. The average Bonchev–Trinajstić information content (AvgIpc) is 2.88. The van der Waals surface area contributed by atoms with Crippen molar-refractivity contribution in [1.82, 2.24) is 10.2 Å². The molecule has 0 radical (unpaired) electrons. The van der Waals surface area contributed by atoms with Gasteiger partial charge in [-0.25, -0.2) is 12.8 Å². The highest BCUT2D eigenvalue weighted by atomic mass is 32.2. The summed E-state index contributed by atoms with van der Waals surface area (Å²) in [6.45, 7) is 4.91. The molecule has 0 spiro atoms. The number of nitrogens with one attached hydrogen (secondary N) is 1. The van der Waals surface area contributed by atoms with Crippen molar-refractivity contribution in [2.45, 2.75) is 50.7 Å². The summed E-state index contributed by atoms with van der Waals surface area (Å²) in [5.74, 6) is -1.32. The van der Waals surface area contributed by atoms with Crippen LogP contribution >= 0.6 is 0 Å². The first-order valence-corrected chi connectivity index (χ1v) is 13.5. The lowest BCUT2D eigenvalue weighted by atomic mass is 10.1. The van der Waals surface area contributed by atoms with Gasteiger partial charge in [-0.1, -0.05) is 55.5 Å². The summed E-state index contributed by atoms with van der Waals surface area (Å²) in [6, 6.07) is 20.9. The molecule has 37 heavy (non-hydrogen) atoms. The Hall–Kier alpha value is -3.72. The zero-order valence-corrected chi connectivity index (χ0v) is 22.0. The van der Waals surface area contributed by atoms with E-state index in [4.69, 9.17) is 0 Å². The SMILES string of the molecule is CC[C@@H](C(=O)NC(C)C)N(Cc1ccc(F)cc1)C(=O)CN(c1ccccc1)S(=O)(=O)c1ccccc1. The van der Waals surface area contributed by atoms with Crippen molar-refractivity contribution >= 4 is 27.5 Å². The Bertz CT molecular complexity index is 1280. The van der Waals surface area contributed by atoms with Crippen LogP contribution < -0.4 is 9.62 Å². The minimum Gasteiger partial charge on any atom is -0.352 e. The number of carbonyl (C=O) groups is 2. The van der Waals surface area contributed by atoms with Gasteiger partial charge in [-0.05, 0) is 62.2 Å². The van der Waals surface area contributed by atoms with Crippen molar-refractivity contribution < 1.29 is 22.4 Å². The number of amides is 2. The number of nitrogens with zero attached hydrogens (tertiary/aromatic N) is 2. The number of halogens is 1. The number of sulfonamides is 1. The second kappa shape index (κ2) is 12.5. The summed E-state index contributed by atoms with van der Waals surface area (Å²) in [6.07, 6.45) is 0.308. The van der Waals surface area contributed by atoms with E-state index in [1.54, 1.807) is 67.6 Å². The molecule has 2 amide bonds. The van der Waals surface area contributed by atoms with Gasteiger partial charge < -0.3 is 10.2 Å². The van der Waals surface area contributed by atoms with Crippen molar-refractivity contribution in [3.63, 3.8) is 0 Å². The normalized spacial score (nSPS) is 12.1. The first-order chi connectivity index (χ1) is 17.6. The number of hydrogen-bond acceptors (Lipinski definition) is 4. The van der Waals surface area contributed by atoms with Gasteiger partial charge in [-0.15, -0.1) is 0 Å². The maximum atomic E-state index is 13.8. The van der Waals surface area contributed by atoms with E-state index >= 15 is 0 Å². The van der Waals surface area contributed by atoms with Gasteiger partial charge in [-0.2, -0.15) is 0 Å². The molecular weight excluding hydrogens is 493 g/mol. The second-order valence-corrected chi connectivity index (χ2v) is 10.8. The highest BCUT2D eigenvalue weighted by molar-refractivity contribution is 7.92. The molecule has 0 fully saturated rings. The number of anilines is 1. The lowest BCUT2D eigenvalue weighted by molar-refractivity contribution is -0.140. The first-order valence-electron chi connectivity index (χ1n) is 12.1. The molecule has 3 rings (SSSR count). The van der Waals surface area contributed by atoms with Crippen LogP contribution in [0.5, 0.6) is 0 Å². The van der Waals surface area contributed by atoms with Gasteiger partial charge in [0.25, 0.3) is 10.0 Å². The van der Waals surface area contributed by atoms with Crippen LogP contribution in [0.15, 0.2) is 89.8 Å². The molecular formula is C28H32FN3O4S. The molecule has 7 nitrogen and oxygen atoms in total. The molecule has 0 saturated carbocycles. The van der Waals surface area contributed by atoms with E-state index < -0.39 is 34.3 Å². The van der Waals surface area contributed by atoms with Gasteiger partial charge in [-0.3, -0.25) is 13.9 Å². The van der Waals surface area contributed by atoms with E-state index in [0.29, 0.717) is 17.7 Å². The van der Waals surface area contributed by atoms with E-state index in [9.17, 15) is 22.4 Å². The quantitative estimate of drug-likeness (QED) is 0.403. The van der Waals surface area contributed by atoms with Crippen molar-refractivity contribution in [2.24, 2.45) is 0 Å². The molecule has 3 aromatic carbocycles. The zero-order valence-electron chi connectivity index (χ0n) is 21.2. The van der Waals surface area contributed by atoms with Crippen LogP contribution in [-0.4, -0.2) is 43.8 Å². The Balaban J connectivity index is 2.02. The Morgan fingerprint density at radius 2 is 1.46 bits per heavy atom. The molecule has 196 valence electrons. The van der Waals surface area contributed by atoms with Crippen LogP contribution in [0, 0.1) is 5.82 Å². The fraction of sp³-hybridized carbons (Fsp3) is 0.286. The predicted molar refractivity (Wildman–Crippen MR) is 142 cm³/mol. The van der Waals surface area contributed by atoms with Gasteiger partial charge in [0.1, 0.15) is 18.4 Å². The fourth-order valence-electron chi connectivity index (χ4n) is 3.93. The summed E-state index contributed by atoms with van der Waals surface area (Å²) in [7, 11) is -4.10. The molecule has 9 heteroatoms. The maximum absolute atomic E-state index is 13.8. The molecule has 0 heterocycles. The lowest BCUT2D eigenvalue weighted by Gasteiger charge is -2.33. The monoisotopic (exact) mass is 525 g/mol. The molecule has 1 N–H and O–H groups in total. The van der Waals surface area contributed by atoms with Gasteiger partial charge >= 0.3 is 0 Å². The third-order valence-corrected chi connectivity index (χ3v) is 7.53. The number of benzene rings is 3. The largest absolute Gasteiger partial charge is 0.352 e. The van der Waals surface area contributed by atoms with Crippen LogP contribution in [0.2, 0.25) is 0 Å². The molecule has 0 bridgehead atoms. The van der Waals surface area contributed by atoms with E-state index in [2.05, 4.69) is 5.32 Å². The third-order valence-electron chi connectivity index (χ3n) is 5.74. The molecule has 3 aromatic rings. The van der Waals surface area contributed by atoms with Gasteiger partial charge in [0, 0.05) is 12.6 Å². The van der Waals surface area contributed by atoms with Crippen LogP contribution in [0.25, 0.3) is 0 Å². The second-order valence-electron chi connectivity index (χ2n) is 8.90. The predicted octanol–water partition coefficient (Wildman–Crippen LogP) is 4.35. The average molecular weight is 526 g/mol. The lowest BCUT2D eigenvalue weighted by Crippen LogP contribution is -2.53. The van der Waals surface area contributed by atoms with Crippen LogP contribution in [-0.2, 0) is 26.2 Å². The van der Waals surface area contributed by atoms with E-state index in [1.807, 2.05) is 13.8 Å². The number of rotatable bonds is 11. The van der Waals surface area contributed by atoms with E-state index in [1.165, 1.54) is 29.2 Å². The molecule has 0 unspecified atom stereocenters. The smallest absolute Gasteiger partial charge is 0.264 e. The summed E-state index contributed by atoms with van der Waals surface area (Å²) in [4.78, 5) is 28.3. The Labute approximate surface area is 218 Å². The van der Waals surface area contributed by atoms with Crippen molar-refractivity contribution in [1.29, 1.82) is 0 Å². The van der Waals surface area contributed by atoms with Crippen LogP contribution in [0.3, 0.4) is 0 Å². The number of para-hydroxylation sites is 1. The minimum absolute atomic E-state index is 0.0111. The highest BCUT2D eigenvalue weighted by Crippen LogP contribution is 2.24. The van der Waals surface area contributed by atoms with Crippen LogP contribution in [0.1, 0.15) is 32.8 Å². The molecule has 0 aliphatic heterocycles. The molecule has 0 aliphatic rings. The summed E-state index contributed by atoms with van der Waals surface area (Å²) in [5, 5.41) is 2.84. The molecule has 0 saturated heterocycles. The Kier molecular flexibility index (Phi) is 9.41. The number of carbonyl (C=O) groups excluding carboxylic acids is 2. The highest BCUT2D eigenvalue weighted by Gasteiger charge is 2.33. The van der Waals surface area contributed by atoms with Crippen molar-refractivity contribution in [3.05, 3.63) is 96.3 Å². The maximum Gasteiger partial charge on any atom is 0.264 e. The topological polar surface area (TPSA) is 86.8 Å². The summed E-state index contributed by atoms with van der Waals surface area (Å²) < 4.78 is 41.8. The van der Waals surface area contributed by atoms with Gasteiger partial charge in [0.2, 0.25) is 11.8 Å². The third kappa shape index (κ3) is 7.16. The first kappa shape index (κ1) is 27.9. The summed E-state index contributed by atoms with van der Waals surface area (Å²) >= 11 is 0. The summed E-state index contributed by atoms with van der Waals surface area (Å²) in [5.41, 5.74) is 0.934. The van der Waals surface area contributed by atoms with Crippen molar-refractivity contribution in [2.75, 3.05) is 10.8 Å². The number of hydrogen-bond donors (Lipinski definition) is 1. The zero-order chi connectivity index (χ0) is 27.0. The molecule has 0 aromatic heterocycles. The van der Waals surface area contributed by atoms with E-state index in [0.717, 1.165) is 4.31 Å².